The van der Waals surface area contributed by atoms with E-state index >= 15 is 0 Å². The summed E-state index contributed by atoms with van der Waals surface area (Å²) in [5.41, 5.74) is 1.28. The highest BCUT2D eigenvalue weighted by Crippen LogP contribution is 2.31. The summed E-state index contributed by atoms with van der Waals surface area (Å²) in [6.45, 7) is 0. The zero-order valence-electron chi connectivity index (χ0n) is 11.7. The molecular formula is C16H18O5. The predicted octanol–water partition coefficient (Wildman–Crippen LogP) is 2.48. The van der Waals surface area contributed by atoms with Gasteiger partial charge in [0.1, 0.15) is 11.5 Å². The van der Waals surface area contributed by atoms with Gasteiger partial charge in [-0.1, -0.05) is 6.07 Å². The van der Waals surface area contributed by atoms with Gasteiger partial charge in [-0.05, 0) is 42.7 Å². The molecule has 0 heterocycles. The van der Waals surface area contributed by atoms with Crippen LogP contribution in [0.15, 0.2) is 36.4 Å². The summed E-state index contributed by atoms with van der Waals surface area (Å²) >= 11 is 0. The number of aryl methyl sites for hydroxylation is 1. The Labute approximate surface area is 122 Å². The highest BCUT2D eigenvalue weighted by Gasteiger charge is 2.13. The Morgan fingerprint density at radius 2 is 1.76 bits per heavy atom. The Hall–Kier alpha value is -2.40. The number of phenols is 3. The van der Waals surface area contributed by atoms with Crippen molar-refractivity contribution in [3.05, 3.63) is 47.5 Å². The zero-order chi connectivity index (χ0) is 15.4. The summed E-state index contributed by atoms with van der Waals surface area (Å²) in [7, 11) is 1.47. The van der Waals surface area contributed by atoms with Crippen LogP contribution in [0, 0.1) is 0 Å². The third-order valence-corrected chi connectivity index (χ3v) is 3.32. The fraction of sp³-hybridized carbons (Fsp3) is 0.250. The Morgan fingerprint density at radius 3 is 2.43 bits per heavy atom. The van der Waals surface area contributed by atoms with Crippen molar-refractivity contribution < 1.29 is 25.2 Å². The van der Waals surface area contributed by atoms with Crippen molar-refractivity contribution in [2.45, 2.75) is 18.9 Å². The molecule has 0 unspecified atom stereocenters. The molecule has 0 amide bonds. The third-order valence-electron chi connectivity index (χ3n) is 3.32. The number of rotatable bonds is 5. The van der Waals surface area contributed by atoms with Crippen LogP contribution in [-0.4, -0.2) is 27.5 Å². The number of hydrogen-bond acceptors (Lipinski definition) is 5. The molecule has 0 fully saturated rings. The van der Waals surface area contributed by atoms with E-state index in [-0.39, 0.29) is 17.2 Å². The van der Waals surface area contributed by atoms with Gasteiger partial charge in [-0.25, -0.2) is 0 Å². The minimum Gasteiger partial charge on any atom is -0.508 e. The van der Waals surface area contributed by atoms with Gasteiger partial charge in [0, 0.05) is 11.6 Å². The van der Waals surface area contributed by atoms with Crippen LogP contribution in [0.3, 0.4) is 0 Å². The molecular weight excluding hydrogens is 272 g/mol. The molecule has 2 rings (SSSR count). The number of aliphatic hydroxyl groups is 1. The van der Waals surface area contributed by atoms with Crippen molar-refractivity contribution in [1.29, 1.82) is 0 Å². The second-order valence-electron chi connectivity index (χ2n) is 4.80. The summed E-state index contributed by atoms with van der Waals surface area (Å²) in [6, 6.07) is 9.11. The van der Waals surface area contributed by atoms with Gasteiger partial charge in [0.15, 0.2) is 11.5 Å². The molecule has 1 atom stereocenters. The quantitative estimate of drug-likeness (QED) is 0.679. The zero-order valence-corrected chi connectivity index (χ0v) is 11.7. The molecule has 0 spiro atoms. The Bertz CT molecular complexity index is 624. The molecule has 4 N–H and O–H groups in total. The number of ether oxygens (including phenoxy) is 1. The molecule has 5 nitrogen and oxygen atoms in total. The first kappa shape index (κ1) is 15.0. The second kappa shape index (κ2) is 6.37. The van der Waals surface area contributed by atoms with Crippen LogP contribution < -0.4 is 4.74 Å². The Balaban J connectivity index is 2.05. The van der Waals surface area contributed by atoms with Crippen molar-refractivity contribution in [1.82, 2.24) is 0 Å². The number of phenolic OH excluding ortho intramolecular Hbond substituents is 3. The summed E-state index contributed by atoms with van der Waals surface area (Å²) in [6.07, 6.45) is 0.107. The molecule has 0 bridgehead atoms. The smallest absolute Gasteiger partial charge is 0.160 e. The van der Waals surface area contributed by atoms with Crippen LogP contribution in [0.2, 0.25) is 0 Å². The van der Waals surface area contributed by atoms with E-state index in [2.05, 4.69) is 0 Å². The van der Waals surface area contributed by atoms with Crippen molar-refractivity contribution >= 4 is 0 Å². The molecule has 112 valence electrons. The van der Waals surface area contributed by atoms with E-state index < -0.39 is 6.10 Å². The lowest BCUT2D eigenvalue weighted by Crippen LogP contribution is -2.00. The number of aliphatic hydroxyl groups excluding tert-OH is 1. The molecule has 0 aliphatic carbocycles. The molecule has 0 radical (unpaired) electrons. The number of benzene rings is 2. The van der Waals surface area contributed by atoms with Gasteiger partial charge in [-0.15, -0.1) is 0 Å². The molecule has 2 aromatic rings. The maximum atomic E-state index is 10.1. The molecule has 5 heteroatoms. The van der Waals surface area contributed by atoms with Crippen LogP contribution in [0.25, 0.3) is 0 Å². The van der Waals surface area contributed by atoms with Crippen molar-refractivity contribution in [2.75, 3.05) is 7.11 Å². The topological polar surface area (TPSA) is 90.2 Å². The van der Waals surface area contributed by atoms with Gasteiger partial charge in [-0.3, -0.25) is 0 Å². The second-order valence-corrected chi connectivity index (χ2v) is 4.80. The van der Waals surface area contributed by atoms with Gasteiger partial charge < -0.3 is 25.2 Å². The summed E-state index contributed by atoms with van der Waals surface area (Å²) < 4.78 is 5.03. The Morgan fingerprint density at radius 1 is 1.00 bits per heavy atom. The number of aromatic hydroxyl groups is 3. The van der Waals surface area contributed by atoms with E-state index in [0.717, 1.165) is 5.56 Å². The summed E-state index contributed by atoms with van der Waals surface area (Å²) in [4.78, 5) is 0. The van der Waals surface area contributed by atoms with Crippen LogP contribution in [0.1, 0.15) is 23.7 Å². The fourth-order valence-electron chi connectivity index (χ4n) is 2.15. The van der Waals surface area contributed by atoms with E-state index in [1.165, 1.54) is 25.3 Å². The molecule has 0 aliphatic heterocycles. The maximum absolute atomic E-state index is 10.1. The molecule has 0 saturated heterocycles. The molecule has 21 heavy (non-hydrogen) atoms. The first-order valence-corrected chi connectivity index (χ1v) is 6.57. The number of hydrogen-bond donors (Lipinski definition) is 4. The molecule has 0 saturated carbocycles. The highest BCUT2D eigenvalue weighted by molar-refractivity contribution is 5.42. The third kappa shape index (κ3) is 3.58. The predicted molar refractivity (Wildman–Crippen MR) is 77.7 cm³/mol. The lowest BCUT2D eigenvalue weighted by Gasteiger charge is -2.13. The van der Waals surface area contributed by atoms with E-state index in [4.69, 9.17) is 4.74 Å². The first-order valence-electron chi connectivity index (χ1n) is 6.57. The minimum atomic E-state index is -0.842. The average Bonchev–Trinajstić information content (AvgIpc) is 2.46. The monoisotopic (exact) mass is 290 g/mol. The van der Waals surface area contributed by atoms with Crippen molar-refractivity contribution in [3.8, 4) is 23.0 Å². The van der Waals surface area contributed by atoms with E-state index in [9.17, 15) is 20.4 Å². The van der Waals surface area contributed by atoms with Gasteiger partial charge >= 0.3 is 0 Å². The summed E-state index contributed by atoms with van der Waals surface area (Å²) in [5, 5.41) is 38.6. The molecule has 0 aromatic heterocycles. The minimum absolute atomic E-state index is 0.0493. The largest absolute Gasteiger partial charge is 0.508 e. The van der Waals surface area contributed by atoms with Crippen LogP contribution >= 0.6 is 0 Å². The Kier molecular flexibility index (Phi) is 4.55. The van der Waals surface area contributed by atoms with Gasteiger partial charge in [-0.2, -0.15) is 0 Å². The maximum Gasteiger partial charge on any atom is 0.160 e. The molecule has 2 aromatic carbocycles. The van der Waals surface area contributed by atoms with Crippen molar-refractivity contribution in [3.63, 3.8) is 0 Å². The SMILES string of the molecule is COc1cc(CC[C@H](O)c2ccc(O)cc2O)ccc1O. The average molecular weight is 290 g/mol. The lowest BCUT2D eigenvalue weighted by molar-refractivity contribution is 0.164. The molecule has 0 aliphatic rings. The van der Waals surface area contributed by atoms with Gasteiger partial charge in [0.2, 0.25) is 0 Å². The fourth-order valence-corrected chi connectivity index (χ4v) is 2.15. The standard InChI is InChI=1S/C16H18O5/c1-21-16-8-10(3-7-14(16)19)2-6-13(18)12-5-4-11(17)9-15(12)20/h3-5,7-9,13,17-20H,2,6H2,1H3/t13-/m0/s1. The van der Waals surface area contributed by atoms with Gasteiger partial charge in [0.25, 0.3) is 0 Å². The summed E-state index contributed by atoms with van der Waals surface area (Å²) in [5.74, 6) is 0.268. The first-order chi connectivity index (χ1) is 10.0. The highest BCUT2D eigenvalue weighted by atomic mass is 16.5. The normalized spacial score (nSPS) is 12.1. The van der Waals surface area contributed by atoms with Gasteiger partial charge in [0.05, 0.1) is 13.2 Å². The number of methoxy groups -OCH3 is 1. The van der Waals surface area contributed by atoms with E-state index in [1.807, 2.05) is 0 Å². The van der Waals surface area contributed by atoms with Crippen LogP contribution in [0.4, 0.5) is 0 Å². The van der Waals surface area contributed by atoms with E-state index in [0.29, 0.717) is 24.2 Å². The van der Waals surface area contributed by atoms with Crippen LogP contribution in [-0.2, 0) is 6.42 Å². The van der Waals surface area contributed by atoms with E-state index in [1.54, 1.807) is 18.2 Å². The van der Waals surface area contributed by atoms with Crippen LogP contribution in [0.5, 0.6) is 23.0 Å². The lowest BCUT2D eigenvalue weighted by atomic mass is 10.00. The van der Waals surface area contributed by atoms with Crippen molar-refractivity contribution in [2.24, 2.45) is 0 Å².